The Morgan fingerprint density at radius 3 is 2.68 bits per heavy atom. The summed E-state index contributed by atoms with van der Waals surface area (Å²) in [7, 11) is 1.62. The van der Waals surface area contributed by atoms with E-state index in [1.807, 2.05) is 24.3 Å². The van der Waals surface area contributed by atoms with E-state index in [9.17, 15) is 14.4 Å². The highest BCUT2D eigenvalue weighted by atomic mass is 32.2. The zero-order chi connectivity index (χ0) is 19.7. The van der Waals surface area contributed by atoms with E-state index in [-0.39, 0.29) is 24.1 Å². The maximum Gasteiger partial charge on any atom is 0.229 e. The zero-order valence-corrected chi connectivity index (χ0v) is 16.1. The molecule has 1 atom stereocenters. The summed E-state index contributed by atoms with van der Waals surface area (Å²) in [6.07, 6.45) is 0.193. The van der Waals surface area contributed by atoms with Gasteiger partial charge in [0.2, 0.25) is 5.91 Å². The van der Waals surface area contributed by atoms with Crippen molar-refractivity contribution in [3.05, 3.63) is 70.5 Å². The lowest BCUT2D eigenvalue weighted by molar-refractivity contribution is -0.129. The number of anilines is 1. The number of fused-ring (bicyclic) bond motifs is 1. The van der Waals surface area contributed by atoms with Gasteiger partial charge in [-0.05, 0) is 29.8 Å². The Kier molecular flexibility index (Phi) is 4.97. The minimum atomic E-state index is -0.338. The summed E-state index contributed by atoms with van der Waals surface area (Å²) in [4.78, 5) is 16.6. The van der Waals surface area contributed by atoms with Gasteiger partial charge in [0, 0.05) is 12.3 Å². The quantitative estimate of drug-likeness (QED) is 0.785. The van der Waals surface area contributed by atoms with E-state index in [2.05, 4.69) is 11.0 Å². The van der Waals surface area contributed by atoms with Crippen LogP contribution in [0.15, 0.2) is 59.1 Å². The van der Waals surface area contributed by atoms with Crippen LogP contribution in [0.5, 0.6) is 5.75 Å². The number of amides is 1. The molecule has 0 aliphatic carbocycles. The lowest BCUT2D eigenvalue weighted by atomic mass is 9.86. The van der Waals surface area contributed by atoms with Crippen LogP contribution in [-0.4, -0.2) is 30.5 Å². The molecular formula is C21H18FN3O2S. The van der Waals surface area contributed by atoms with Crippen molar-refractivity contribution in [3.8, 4) is 11.8 Å². The number of carbonyl (C=O) groups excluding carboxylic acids is 1. The number of methoxy groups -OCH3 is 1. The van der Waals surface area contributed by atoms with Gasteiger partial charge in [0.1, 0.15) is 11.6 Å². The number of allylic oxidation sites excluding steroid dienone is 1. The number of nitriles is 1. The number of para-hydroxylation sites is 2. The van der Waals surface area contributed by atoms with Crippen molar-refractivity contribution in [1.29, 1.82) is 5.26 Å². The third kappa shape index (κ3) is 3.20. The molecule has 4 rings (SSSR count). The zero-order valence-electron chi connectivity index (χ0n) is 15.3. The summed E-state index contributed by atoms with van der Waals surface area (Å²) in [6, 6.07) is 16.0. The number of rotatable bonds is 3. The Balaban J connectivity index is 1.67. The number of benzene rings is 2. The first-order valence-electron chi connectivity index (χ1n) is 8.83. The molecule has 0 aromatic heterocycles. The Labute approximate surface area is 167 Å². The maximum absolute atomic E-state index is 13.3. The average Bonchev–Trinajstić information content (AvgIpc) is 2.74. The highest BCUT2D eigenvalue weighted by molar-refractivity contribution is 8.03. The van der Waals surface area contributed by atoms with E-state index >= 15 is 0 Å². The molecule has 28 heavy (non-hydrogen) atoms. The summed E-state index contributed by atoms with van der Waals surface area (Å²) < 4.78 is 18.7. The number of nitrogens with zero attached hydrogens (tertiary/aromatic N) is 3. The predicted molar refractivity (Wildman–Crippen MR) is 106 cm³/mol. The number of halogens is 1. The minimum absolute atomic E-state index is 0.0459. The van der Waals surface area contributed by atoms with Gasteiger partial charge in [-0.3, -0.25) is 9.69 Å². The molecule has 2 aromatic carbocycles. The molecular weight excluding hydrogens is 377 g/mol. The standard InChI is InChI=1S/C21H18FN3O2S/c1-27-19-5-3-2-4-18(19)24-12-25-20(26)10-16(14-6-8-15(22)9-7-14)17(11-23)21(25)28-13-24/h2-9,16H,10,12-13H2,1H3/t16-/m1/s1. The fraction of sp³-hybridized carbons (Fsp3) is 0.238. The second-order valence-corrected chi connectivity index (χ2v) is 7.52. The fourth-order valence-electron chi connectivity index (χ4n) is 3.59. The van der Waals surface area contributed by atoms with Crippen molar-refractivity contribution >= 4 is 23.4 Å². The maximum atomic E-state index is 13.3. The molecule has 2 aliphatic heterocycles. The molecule has 0 unspecified atom stereocenters. The summed E-state index contributed by atoms with van der Waals surface area (Å²) in [6.45, 7) is 0.364. The van der Waals surface area contributed by atoms with Crippen molar-refractivity contribution in [2.75, 3.05) is 24.6 Å². The van der Waals surface area contributed by atoms with Crippen LogP contribution in [0.1, 0.15) is 17.9 Å². The van der Waals surface area contributed by atoms with E-state index < -0.39 is 0 Å². The summed E-state index contributed by atoms with van der Waals surface area (Å²) in [5.41, 5.74) is 2.26. The van der Waals surface area contributed by atoms with Gasteiger partial charge in [-0.2, -0.15) is 5.26 Å². The molecule has 2 heterocycles. The molecule has 0 saturated carbocycles. The number of ether oxygens (including phenoxy) is 1. The van der Waals surface area contributed by atoms with Crippen LogP contribution < -0.4 is 9.64 Å². The normalized spacial score (nSPS) is 19.3. The smallest absolute Gasteiger partial charge is 0.229 e. The minimum Gasteiger partial charge on any atom is -0.495 e. The topological polar surface area (TPSA) is 56.6 Å². The summed E-state index contributed by atoms with van der Waals surface area (Å²) in [5, 5.41) is 10.5. The molecule has 1 saturated heterocycles. The lowest BCUT2D eigenvalue weighted by Crippen LogP contribution is -2.47. The van der Waals surface area contributed by atoms with Crippen LogP contribution in [0.3, 0.4) is 0 Å². The number of hydrogen-bond donors (Lipinski definition) is 0. The monoisotopic (exact) mass is 395 g/mol. The van der Waals surface area contributed by atoms with Crippen molar-refractivity contribution < 1.29 is 13.9 Å². The SMILES string of the molecule is COc1ccccc1N1CSC2=C(C#N)[C@@H](c3ccc(F)cc3)CC(=O)N2C1. The molecule has 1 amide bonds. The van der Waals surface area contributed by atoms with Gasteiger partial charge in [0.25, 0.3) is 0 Å². The molecule has 0 radical (unpaired) electrons. The Hall–Kier alpha value is -2.98. The van der Waals surface area contributed by atoms with Gasteiger partial charge in [-0.1, -0.05) is 36.0 Å². The lowest BCUT2D eigenvalue weighted by Gasteiger charge is -2.42. The van der Waals surface area contributed by atoms with Crippen molar-refractivity contribution in [3.63, 3.8) is 0 Å². The Morgan fingerprint density at radius 1 is 1.21 bits per heavy atom. The van der Waals surface area contributed by atoms with Crippen LogP contribution in [0, 0.1) is 17.1 Å². The van der Waals surface area contributed by atoms with Gasteiger partial charge in [0.15, 0.2) is 0 Å². The molecule has 5 nitrogen and oxygen atoms in total. The molecule has 1 fully saturated rings. The number of carbonyl (C=O) groups is 1. The molecule has 0 N–H and O–H groups in total. The molecule has 2 aliphatic rings. The van der Waals surface area contributed by atoms with Crippen molar-refractivity contribution in [1.82, 2.24) is 4.90 Å². The third-order valence-electron chi connectivity index (χ3n) is 4.99. The average molecular weight is 395 g/mol. The predicted octanol–water partition coefficient (Wildman–Crippen LogP) is 4.05. The Morgan fingerprint density at radius 2 is 1.96 bits per heavy atom. The second-order valence-electron chi connectivity index (χ2n) is 6.59. The van der Waals surface area contributed by atoms with Crippen LogP contribution in [-0.2, 0) is 4.79 Å². The summed E-state index contributed by atoms with van der Waals surface area (Å²) >= 11 is 1.47. The van der Waals surface area contributed by atoms with Crippen molar-refractivity contribution in [2.45, 2.75) is 12.3 Å². The van der Waals surface area contributed by atoms with E-state index in [4.69, 9.17) is 4.74 Å². The van der Waals surface area contributed by atoms with Gasteiger partial charge in [0.05, 0.1) is 42.0 Å². The highest BCUT2D eigenvalue weighted by Crippen LogP contribution is 2.44. The van der Waals surface area contributed by atoms with Gasteiger partial charge < -0.3 is 9.64 Å². The highest BCUT2D eigenvalue weighted by Gasteiger charge is 2.38. The number of thioether (sulfide) groups is 1. The van der Waals surface area contributed by atoms with Crippen LogP contribution in [0.25, 0.3) is 0 Å². The first-order valence-corrected chi connectivity index (χ1v) is 9.81. The van der Waals surface area contributed by atoms with Gasteiger partial charge >= 0.3 is 0 Å². The van der Waals surface area contributed by atoms with Gasteiger partial charge in [-0.25, -0.2) is 4.39 Å². The Bertz CT molecular complexity index is 984. The molecule has 0 spiro atoms. The van der Waals surface area contributed by atoms with Crippen LogP contribution in [0.4, 0.5) is 10.1 Å². The molecule has 7 heteroatoms. The van der Waals surface area contributed by atoms with Crippen LogP contribution >= 0.6 is 11.8 Å². The first-order chi connectivity index (χ1) is 13.6. The molecule has 142 valence electrons. The van der Waals surface area contributed by atoms with Crippen LogP contribution in [0.2, 0.25) is 0 Å². The number of hydrogen-bond acceptors (Lipinski definition) is 5. The third-order valence-corrected chi connectivity index (χ3v) is 6.15. The first kappa shape index (κ1) is 18.4. The largest absolute Gasteiger partial charge is 0.495 e. The van der Waals surface area contributed by atoms with E-state index in [1.54, 1.807) is 24.1 Å². The van der Waals surface area contributed by atoms with E-state index in [0.717, 1.165) is 17.0 Å². The van der Waals surface area contributed by atoms with Gasteiger partial charge in [-0.15, -0.1) is 0 Å². The molecule has 0 bridgehead atoms. The summed E-state index contributed by atoms with van der Waals surface area (Å²) in [5.74, 6) is 0.619. The van der Waals surface area contributed by atoms with E-state index in [0.29, 0.717) is 23.1 Å². The molecule has 2 aromatic rings. The van der Waals surface area contributed by atoms with E-state index in [1.165, 1.54) is 23.9 Å². The fourth-order valence-corrected chi connectivity index (χ4v) is 4.74. The van der Waals surface area contributed by atoms with Crippen molar-refractivity contribution in [2.24, 2.45) is 0 Å². The second kappa shape index (κ2) is 7.56.